The summed E-state index contributed by atoms with van der Waals surface area (Å²) in [6.07, 6.45) is -4.75. The van der Waals surface area contributed by atoms with Crippen molar-refractivity contribution in [2.24, 2.45) is 0 Å². The molecule has 0 spiro atoms. The third-order valence-electron chi connectivity index (χ3n) is 2.39. The number of halogens is 4. The predicted molar refractivity (Wildman–Crippen MR) is 68.5 cm³/mol. The topological polar surface area (TPSA) is 12.0 Å². The largest absolute Gasteiger partial charge is 0.389 e. The van der Waals surface area contributed by atoms with Crippen molar-refractivity contribution in [2.45, 2.75) is 38.9 Å². The van der Waals surface area contributed by atoms with Crippen LogP contribution in [-0.4, -0.2) is 12.7 Å². The Morgan fingerprint density at radius 2 is 2.12 bits per heavy atom. The normalized spacial score (nSPS) is 14.0. The Balaban J connectivity index is 2.71. The smallest absolute Gasteiger partial charge is 0.310 e. The van der Waals surface area contributed by atoms with Crippen LogP contribution in [0.1, 0.15) is 35.6 Å². The molecule has 0 fully saturated rings. The van der Waals surface area contributed by atoms with E-state index in [9.17, 15) is 13.2 Å². The van der Waals surface area contributed by atoms with Gasteiger partial charge in [0.15, 0.2) is 0 Å². The highest BCUT2D eigenvalue weighted by atomic mass is 79.9. The summed E-state index contributed by atoms with van der Waals surface area (Å²) in [5, 5.41) is 3.10. The van der Waals surface area contributed by atoms with Crippen LogP contribution in [0, 0.1) is 6.92 Å². The molecule has 6 heteroatoms. The lowest BCUT2D eigenvalue weighted by Gasteiger charge is -2.17. The van der Waals surface area contributed by atoms with Gasteiger partial charge in [-0.2, -0.15) is 13.2 Å². The summed E-state index contributed by atoms with van der Waals surface area (Å²) in [6.45, 7) is 4.51. The number of thiophene rings is 1. The van der Waals surface area contributed by atoms with Gasteiger partial charge in [0.25, 0.3) is 0 Å². The average molecular weight is 330 g/mol. The van der Waals surface area contributed by atoms with Gasteiger partial charge in [0.05, 0.1) is 0 Å². The Morgan fingerprint density at radius 3 is 2.53 bits per heavy atom. The average Bonchev–Trinajstić information content (AvgIpc) is 2.52. The molecule has 0 aliphatic heterocycles. The zero-order valence-corrected chi connectivity index (χ0v) is 12.1. The van der Waals surface area contributed by atoms with Crippen molar-refractivity contribution in [3.63, 3.8) is 0 Å². The fraction of sp³-hybridized carbons (Fsp3) is 0.636. The minimum absolute atomic E-state index is 0.0870. The quantitative estimate of drug-likeness (QED) is 0.817. The molecule has 0 saturated heterocycles. The van der Waals surface area contributed by atoms with E-state index in [-0.39, 0.29) is 12.5 Å². The van der Waals surface area contributed by atoms with E-state index < -0.39 is 12.6 Å². The highest BCUT2D eigenvalue weighted by Crippen LogP contribution is 2.34. The third-order valence-corrected chi connectivity index (χ3v) is 4.64. The second-order valence-corrected chi connectivity index (χ2v) is 5.96. The van der Waals surface area contributed by atoms with E-state index in [4.69, 9.17) is 0 Å². The summed E-state index contributed by atoms with van der Waals surface area (Å²) < 4.78 is 37.6. The molecule has 1 unspecified atom stereocenters. The molecule has 0 aliphatic carbocycles. The van der Waals surface area contributed by atoms with Crippen molar-refractivity contribution in [1.82, 2.24) is 5.32 Å². The summed E-state index contributed by atoms with van der Waals surface area (Å²) in [6, 6.07) is 1.69. The Morgan fingerprint density at radius 1 is 1.47 bits per heavy atom. The van der Waals surface area contributed by atoms with E-state index in [1.54, 1.807) is 0 Å². The maximum Gasteiger partial charge on any atom is 0.389 e. The molecular formula is C11H15BrF3NS. The molecule has 1 N–H and O–H groups in total. The molecule has 1 aromatic heterocycles. The molecule has 98 valence electrons. The molecule has 0 radical (unpaired) electrons. The molecule has 1 atom stereocenters. The SMILES string of the molecule is CCNC(CCC(F)(F)F)c1cc(Br)c(C)s1. The summed E-state index contributed by atoms with van der Waals surface area (Å²) in [7, 11) is 0. The molecule has 0 amide bonds. The van der Waals surface area contributed by atoms with Gasteiger partial charge < -0.3 is 5.32 Å². The number of aryl methyl sites for hydroxylation is 1. The van der Waals surface area contributed by atoms with Crippen LogP contribution >= 0.6 is 27.3 Å². The second kappa shape index (κ2) is 6.20. The van der Waals surface area contributed by atoms with E-state index in [0.29, 0.717) is 6.54 Å². The second-order valence-electron chi connectivity index (χ2n) is 3.82. The van der Waals surface area contributed by atoms with Crippen LogP contribution in [0.25, 0.3) is 0 Å². The number of hydrogen-bond acceptors (Lipinski definition) is 2. The van der Waals surface area contributed by atoms with Crippen LogP contribution in [0.15, 0.2) is 10.5 Å². The molecule has 0 aromatic carbocycles. The van der Waals surface area contributed by atoms with Crippen molar-refractivity contribution >= 4 is 27.3 Å². The first kappa shape index (κ1) is 15.0. The minimum Gasteiger partial charge on any atom is -0.310 e. The monoisotopic (exact) mass is 329 g/mol. The summed E-state index contributed by atoms with van der Waals surface area (Å²) in [5.41, 5.74) is 0. The van der Waals surface area contributed by atoms with Crippen molar-refractivity contribution in [3.8, 4) is 0 Å². The Hall–Kier alpha value is -0.0700. The zero-order chi connectivity index (χ0) is 13.1. The highest BCUT2D eigenvalue weighted by molar-refractivity contribution is 9.10. The van der Waals surface area contributed by atoms with Crippen LogP contribution in [0.5, 0.6) is 0 Å². The van der Waals surface area contributed by atoms with Crippen molar-refractivity contribution in [3.05, 3.63) is 20.3 Å². The fourth-order valence-electron chi connectivity index (χ4n) is 1.55. The minimum atomic E-state index is -4.09. The number of nitrogens with one attached hydrogen (secondary N) is 1. The molecule has 1 aromatic rings. The van der Waals surface area contributed by atoms with Crippen molar-refractivity contribution < 1.29 is 13.2 Å². The van der Waals surface area contributed by atoms with Gasteiger partial charge in [-0.1, -0.05) is 6.92 Å². The maximum absolute atomic E-state index is 12.2. The van der Waals surface area contributed by atoms with E-state index in [1.807, 2.05) is 19.9 Å². The van der Waals surface area contributed by atoms with Gasteiger partial charge in [0.2, 0.25) is 0 Å². The van der Waals surface area contributed by atoms with Gasteiger partial charge in [-0.3, -0.25) is 0 Å². The lowest BCUT2D eigenvalue weighted by Crippen LogP contribution is -2.22. The number of alkyl halides is 3. The molecular weight excluding hydrogens is 315 g/mol. The third kappa shape index (κ3) is 4.97. The van der Waals surface area contributed by atoms with E-state index in [1.165, 1.54) is 11.3 Å². The Labute approximate surface area is 112 Å². The molecule has 1 nitrogen and oxygen atoms in total. The maximum atomic E-state index is 12.2. The molecule has 17 heavy (non-hydrogen) atoms. The number of hydrogen-bond donors (Lipinski definition) is 1. The molecule has 0 aliphatic rings. The highest BCUT2D eigenvalue weighted by Gasteiger charge is 2.29. The van der Waals surface area contributed by atoms with Crippen LogP contribution < -0.4 is 5.32 Å². The van der Waals surface area contributed by atoms with Crippen molar-refractivity contribution in [1.29, 1.82) is 0 Å². The lowest BCUT2D eigenvalue weighted by molar-refractivity contribution is -0.136. The molecule has 1 rings (SSSR count). The lowest BCUT2D eigenvalue weighted by atomic mass is 10.1. The van der Waals surface area contributed by atoms with Crippen LogP contribution in [0.4, 0.5) is 13.2 Å². The van der Waals surface area contributed by atoms with Gasteiger partial charge in [-0.25, -0.2) is 0 Å². The van der Waals surface area contributed by atoms with E-state index in [0.717, 1.165) is 14.2 Å². The number of rotatable bonds is 5. The molecule has 0 saturated carbocycles. The van der Waals surface area contributed by atoms with Crippen molar-refractivity contribution in [2.75, 3.05) is 6.54 Å². The fourth-order valence-corrected chi connectivity index (χ4v) is 3.22. The summed E-state index contributed by atoms with van der Waals surface area (Å²) >= 11 is 4.92. The molecule has 1 heterocycles. The zero-order valence-electron chi connectivity index (χ0n) is 9.70. The van der Waals surface area contributed by atoms with E-state index >= 15 is 0 Å². The summed E-state index contributed by atoms with van der Waals surface area (Å²) in [5.74, 6) is 0. The Kier molecular flexibility index (Phi) is 5.47. The Bertz CT molecular complexity index is 343. The van der Waals surface area contributed by atoms with E-state index in [2.05, 4.69) is 21.2 Å². The van der Waals surface area contributed by atoms with Gasteiger partial charge in [0, 0.05) is 26.7 Å². The molecule has 0 bridgehead atoms. The van der Waals surface area contributed by atoms with Gasteiger partial charge in [0.1, 0.15) is 0 Å². The van der Waals surface area contributed by atoms with Crippen LogP contribution in [0.3, 0.4) is 0 Å². The standard InChI is InChI=1S/C11H15BrF3NS/c1-3-16-9(4-5-11(13,14)15)10-6-8(12)7(2)17-10/h6,9,16H,3-5H2,1-2H3. The van der Waals surface area contributed by atoms with Gasteiger partial charge >= 0.3 is 6.18 Å². The first-order chi connectivity index (χ1) is 7.83. The van der Waals surface area contributed by atoms with Crippen LogP contribution in [-0.2, 0) is 0 Å². The van der Waals surface area contributed by atoms with Crippen LogP contribution in [0.2, 0.25) is 0 Å². The first-order valence-corrected chi connectivity index (χ1v) is 7.00. The van der Waals surface area contributed by atoms with Gasteiger partial charge in [-0.05, 0) is 41.9 Å². The predicted octanol–water partition coefficient (Wildman–Crippen LogP) is 4.81. The first-order valence-electron chi connectivity index (χ1n) is 5.39. The summed E-state index contributed by atoms with van der Waals surface area (Å²) in [4.78, 5) is 2.05. The van der Waals surface area contributed by atoms with Gasteiger partial charge in [-0.15, -0.1) is 11.3 Å².